The van der Waals surface area contributed by atoms with Gasteiger partial charge in [-0.3, -0.25) is 4.79 Å². The number of hydrogen-bond acceptors (Lipinski definition) is 6. The lowest BCUT2D eigenvalue weighted by atomic mass is 10.2. The molecule has 1 aliphatic rings. The number of nitrogens with zero attached hydrogens (tertiary/aromatic N) is 3. The Kier molecular flexibility index (Phi) is 4.52. The van der Waals surface area contributed by atoms with Gasteiger partial charge in [0.05, 0.1) is 0 Å². The van der Waals surface area contributed by atoms with Crippen molar-refractivity contribution in [3.8, 4) is 0 Å². The maximum absolute atomic E-state index is 13.7. The van der Waals surface area contributed by atoms with Crippen LogP contribution in [0.15, 0.2) is 28.9 Å². The monoisotopic (exact) mass is 320 g/mol. The molecule has 8 heteroatoms. The van der Waals surface area contributed by atoms with Crippen LogP contribution in [-0.4, -0.2) is 42.3 Å². The number of pyridine rings is 1. The van der Waals surface area contributed by atoms with Gasteiger partial charge in [0, 0.05) is 38.5 Å². The molecule has 1 unspecified atom stereocenters. The van der Waals surface area contributed by atoms with Crippen LogP contribution in [0.2, 0.25) is 0 Å². The molecule has 0 aliphatic carbocycles. The summed E-state index contributed by atoms with van der Waals surface area (Å²) in [4.78, 5) is 18.0. The summed E-state index contributed by atoms with van der Waals surface area (Å²) in [6, 6.07) is 4.38. The van der Waals surface area contributed by atoms with Crippen molar-refractivity contribution in [2.75, 3.05) is 25.1 Å². The number of carbonyl (C=O) groups is 1. The molecule has 23 heavy (non-hydrogen) atoms. The summed E-state index contributed by atoms with van der Waals surface area (Å²) in [5, 5.41) is 6.59. The largest absolute Gasteiger partial charge is 0.377 e. The van der Waals surface area contributed by atoms with E-state index in [4.69, 9.17) is 9.26 Å². The zero-order chi connectivity index (χ0) is 16.2. The Morgan fingerprint density at radius 2 is 2.48 bits per heavy atom. The molecule has 3 heterocycles. The smallest absolute Gasteiger partial charge is 0.273 e. The summed E-state index contributed by atoms with van der Waals surface area (Å²) in [5.74, 6) is 0.124. The molecular weight excluding hydrogens is 303 g/mol. The number of anilines is 1. The van der Waals surface area contributed by atoms with E-state index in [0.29, 0.717) is 31.1 Å². The summed E-state index contributed by atoms with van der Waals surface area (Å²) >= 11 is 0. The quantitative estimate of drug-likeness (QED) is 0.896. The highest BCUT2D eigenvalue weighted by Crippen LogP contribution is 2.21. The maximum atomic E-state index is 13.7. The molecular formula is C15H17FN4O3. The molecule has 1 N–H and O–H groups in total. The third kappa shape index (κ3) is 3.48. The van der Waals surface area contributed by atoms with Gasteiger partial charge in [-0.05, 0) is 18.6 Å². The third-order valence-electron chi connectivity index (χ3n) is 3.64. The number of rotatable bonds is 5. The standard InChI is InChI=1S/C15H17FN4O3/c1-22-9-11-7-13(19-23-11)15(21)18-10-4-6-20(8-10)14-12(16)3-2-5-17-14/h2-3,5,7,10H,4,6,8-9H2,1H3,(H,18,21). The normalized spacial score (nSPS) is 17.5. The van der Waals surface area contributed by atoms with Crippen LogP contribution in [0, 0.1) is 5.82 Å². The highest BCUT2D eigenvalue weighted by molar-refractivity contribution is 5.92. The number of carbonyl (C=O) groups excluding carboxylic acids is 1. The fourth-order valence-electron chi connectivity index (χ4n) is 2.57. The highest BCUT2D eigenvalue weighted by Gasteiger charge is 2.27. The van der Waals surface area contributed by atoms with E-state index in [1.54, 1.807) is 18.3 Å². The Morgan fingerprint density at radius 3 is 3.26 bits per heavy atom. The predicted octanol–water partition coefficient (Wildman–Crippen LogP) is 1.36. The zero-order valence-electron chi connectivity index (χ0n) is 12.7. The SMILES string of the molecule is COCc1cc(C(=O)NC2CCN(c3ncccc3F)C2)no1. The van der Waals surface area contributed by atoms with E-state index in [-0.39, 0.29) is 30.1 Å². The van der Waals surface area contributed by atoms with Crippen molar-refractivity contribution < 1.29 is 18.4 Å². The van der Waals surface area contributed by atoms with Gasteiger partial charge in [-0.2, -0.15) is 0 Å². The minimum absolute atomic E-state index is 0.0912. The first-order valence-electron chi connectivity index (χ1n) is 7.28. The topological polar surface area (TPSA) is 80.5 Å². The van der Waals surface area contributed by atoms with Crippen LogP contribution in [0.1, 0.15) is 22.7 Å². The predicted molar refractivity (Wildman–Crippen MR) is 79.5 cm³/mol. The van der Waals surface area contributed by atoms with Gasteiger partial charge in [-0.15, -0.1) is 0 Å². The van der Waals surface area contributed by atoms with Crippen LogP contribution in [0.4, 0.5) is 10.2 Å². The number of hydrogen-bond donors (Lipinski definition) is 1. The van der Waals surface area contributed by atoms with E-state index in [9.17, 15) is 9.18 Å². The lowest BCUT2D eigenvalue weighted by Crippen LogP contribution is -2.37. The molecule has 1 amide bonds. The van der Waals surface area contributed by atoms with E-state index >= 15 is 0 Å². The highest BCUT2D eigenvalue weighted by atomic mass is 19.1. The minimum atomic E-state index is -0.361. The average Bonchev–Trinajstić information content (AvgIpc) is 3.18. The van der Waals surface area contributed by atoms with Crippen molar-refractivity contribution in [3.63, 3.8) is 0 Å². The number of ether oxygens (including phenoxy) is 1. The molecule has 0 spiro atoms. The van der Waals surface area contributed by atoms with Gasteiger partial charge in [0.15, 0.2) is 23.1 Å². The third-order valence-corrected chi connectivity index (χ3v) is 3.64. The van der Waals surface area contributed by atoms with Crippen LogP contribution in [-0.2, 0) is 11.3 Å². The summed E-state index contributed by atoms with van der Waals surface area (Å²) in [6.07, 6.45) is 2.27. The van der Waals surface area contributed by atoms with Gasteiger partial charge < -0.3 is 19.5 Å². The zero-order valence-corrected chi connectivity index (χ0v) is 12.7. The Hall–Kier alpha value is -2.48. The first kappa shape index (κ1) is 15.4. The second-order valence-corrected chi connectivity index (χ2v) is 5.33. The van der Waals surface area contributed by atoms with Crippen molar-refractivity contribution in [2.24, 2.45) is 0 Å². The molecule has 0 bridgehead atoms. The molecule has 1 aliphatic heterocycles. The summed E-state index contributed by atoms with van der Waals surface area (Å²) < 4.78 is 23.7. The van der Waals surface area contributed by atoms with Gasteiger partial charge in [0.2, 0.25) is 0 Å². The van der Waals surface area contributed by atoms with Crippen molar-refractivity contribution in [1.29, 1.82) is 0 Å². The molecule has 7 nitrogen and oxygen atoms in total. The van der Waals surface area contributed by atoms with E-state index in [2.05, 4.69) is 15.5 Å². The second-order valence-electron chi connectivity index (χ2n) is 5.33. The minimum Gasteiger partial charge on any atom is -0.377 e. The molecule has 1 fully saturated rings. The molecule has 0 radical (unpaired) electrons. The number of halogens is 1. The van der Waals surface area contributed by atoms with Crippen molar-refractivity contribution >= 4 is 11.7 Å². The number of methoxy groups -OCH3 is 1. The van der Waals surface area contributed by atoms with E-state index < -0.39 is 0 Å². The van der Waals surface area contributed by atoms with Crippen LogP contribution in [0.25, 0.3) is 0 Å². The Balaban J connectivity index is 1.59. The molecule has 1 saturated heterocycles. The number of aromatic nitrogens is 2. The molecule has 3 rings (SSSR count). The fourth-order valence-corrected chi connectivity index (χ4v) is 2.57. The Bertz CT molecular complexity index is 691. The molecule has 2 aromatic heterocycles. The first-order chi connectivity index (χ1) is 11.2. The fraction of sp³-hybridized carbons (Fsp3) is 0.400. The van der Waals surface area contributed by atoms with Crippen LogP contribution in [0.5, 0.6) is 0 Å². The Labute approximate surface area is 132 Å². The van der Waals surface area contributed by atoms with Gasteiger partial charge in [0.25, 0.3) is 5.91 Å². The van der Waals surface area contributed by atoms with Gasteiger partial charge >= 0.3 is 0 Å². The van der Waals surface area contributed by atoms with E-state index in [0.717, 1.165) is 0 Å². The lowest BCUT2D eigenvalue weighted by Gasteiger charge is -2.18. The molecule has 2 aromatic rings. The maximum Gasteiger partial charge on any atom is 0.273 e. The van der Waals surface area contributed by atoms with Crippen LogP contribution in [0.3, 0.4) is 0 Å². The first-order valence-corrected chi connectivity index (χ1v) is 7.28. The van der Waals surface area contributed by atoms with Gasteiger partial charge in [-0.25, -0.2) is 9.37 Å². The number of nitrogens with one attached hydrogen (secondary N) is 1. The van der Waals surface area contributed by atoms with Crippen LogP contribution < -0.4 is 10.2 Å². The van der Waals surface area contributed by atoms with E-state index in [1.807, 2.05) is 4.90 Å². The van der Waals surface area contributed by atoms with Crippen molar-refractivity contribution in [3.05, 3.63) is 41.7 Å². The van der Waals surface area contributed by atoms with Crippen molar-refractivity contribution in [2.45, 2.75) is 19.1 Å². The van der Waals surface area contributed by atoms with E-state index in [1.165, 1.54) is 13.2 Å². The molecule has 0 aromatic carbocycles. The second kappa shape index (κ2) is 6.74. The van der Waals surface area contributed by atoms with Gasteiger partial charge in [-0.1, -0.05) is 5.16 Å². The van der Waals surface area contributed by atoms with Crippen LogP contribution >= 0.6 is 0 Å². The summed E-state index contributed by atoms with van der Waals surface area (Å²) in [6.45, 7) is 1.39. The number of amides is 1. The van der Waals surface area contributed by atoms with Gasteiger partial charge in [0.1, 0.15) is 6.61 Å². The summed E-state index contributed by atoms with van der Waals surface area (Å²) in [5.41, 5.74) is 0.208. The lowest BCUT2D eigenvalue weighted by molar-refractivity contribution is 0.0930. The molecule has 1 atom stereocenters. The molecule has 0 saturated carbocycles. The average molecular weight is 320 g/mol. The molecule has 122 valence electrons. The summed E-state index contributed by atoms with van der Waals surface area (Å²) in [7, 11) is 1.53. The Morgan fingerprint density at radius 1 is 1.61 bits per heavy atom. The van der Waals surface area contributed by atoms with Crippen molar-refractivity contribution in [1.82, 2.24) is 15.5 Å².